The van der Waals surface area contributed by atoms with Crippen molar-refractivity contribution in [2.45, 2.75) is 57.3 Å². The number of aromatic nitrogens is 3. The summed E-state index contributed by atoms with van der Waals surface area (Å²) in [5.74, 6) is -0.604. The highest BCUT2D eigenvalue weighted by Crippen LogP contribution is 2.48. The summed E-state index contributed by atoms with van der Waals surface area (Å²) in [6.45, 7) is 5.80. The molecule has 3 aliphatic rings. The van der Waals surface area contributed by atoms with Crippen LogP contribution in [0, 0.1) is 5.82 Å². The molecule has 0 radical (unpaired) electrons. The molecule has 3 saturated heterocycles. The van der Waals surface area contributed by atoms with E-state index in [-0.39, 0.29) is 55.2 Å². The molecule has 15 heteroatoms. The van der Waals surface area contributed by atoms with Crippen molar-refractivity contribution in [3.8, 4) is 17.3 Å². The summed E-state index contributed by atoms with van der Waals surface area (Å²) in [6, 6.07) is 10.8. The van der Waals surface area contributed by atoms with E-state index < -0.39 is 25.1 Å². The number of ether oxygens (including phenoxy) is 1. The zero-order valence-electron chi connectivity index (χ0n) is 29.0. The third kappa shape index (κ3) is 6.91. The lowest BCUT2D eigenvalue weighted by Gasteiger charge is -2.31. The molecule has 2 aromatic carbocycles. The Morgan fingerprint density at radius 3 is 2.65 bits per heavy atom. The number of nitrogens with zero attached hydrogens (tertiary/aromatic N) is 6. The molecule has 0 spiro atoms. The van der Waals surface area contributed by atoms with E-state index in [1.54, 1.807) is 37.1 Å². The van der Waals surface area contributed by atoms with Gasteiger partial charge in [0.1, 0.15) is 36.0 Å². The van der Waals surface area contributed by atoms with Crippen molar-refractivity contribution in [3.05, 3.63) is 53.4 Å². The molecular formula is C36H42ClF2N6O5P. The SMILES string of the molecule is CCOP(=O)(CC(=O)N1CC[C@@H](N(C)c2nc(OC[C@@]34CCCN3C[C@H](F)C4)nc3c(F)c(-c4cccc5cccc(Cl)c45)ncc23)C1)OCC. The lowest BCUT2D eigenvalue weighted by Crippen LogP contribution is -2.43. The van der Waals surface area contributed by atoms with Crippen molar-refractivity contribution in [1.82, 2.24) is 24.8 Å². The number of fused-ring (bicyclic) bond motifs is 3. The first-order valence-corrected chi connectivity index (χ1v) is 19.6. The second-order valence-electron chi connectivity index (χ2n) is 13.5. The first kappa shape index (κ1) is 35.9. The van der Waals surface area contributed by atoms with Gasteiger partial charge in [0, 0.05) is 61.3 Å². The number of carbonyl (C=O) groups is 1. The smallest absolute Gasteiger partial charge is 0.340 e. The maximum atomic E-state index is 16.8. The van der Waals surface area contributed by atoms with Gasteiger partial charge in [0.25, 0.3) is 0 Å². The van der Waals surface area contributed by atoms with Crippen LogP contribution < -0.4 is 9.64 Å². The zero-order valence-corrected chi connectivity index (χ0v) is 30.6. The van der Waals surface area contributed by atoms with Gasteiger partial charge in [-0.1, -0.05) is 41.9 Å². The number of amides is 1. The molecule has 1 amide bonds. The van der Waals surface area contributed by atoms with Crippen molar-refractivity contribution < 1.29 is 31.9 Å². The lowest BCUT2D eigenvalue weighted by atomic mass is 9.95. The Labute approximate surface area is 300 Å². The van der Waals surface area contributed by atoms with Gasteiger partial charge in [-0.3, -0.25) is 19.2 Å². The maximum absolute atomic E-state index is 16.8. The number of hydrogen-bond acceptors (Lipinski definition) is 10. The van der Waals surface area contributed by atoms with Crippen LogP contribution in [0.5, 0.6) is 6.01 Å². The van der Waals surface area contributed by atoms with E-state index in [2.05, 4.69) is 14.9 Å². The summed E-state index contributed by atoms with van der Waals surface area (Å²) in [5, 5.41) is 2.35. The minimum absolute atomic E-state index is 0.0202. The average Bonchev–Trinajstić information content (AvgIpc) is 3.82. The van der Waals surface area contributed by atoms with Gasteiger partial charge in [-0.15, -0.1) is 0 Å². The molecule has 0 N–H and O–H groups in total. The molecule has 3 aliphatic heterocycles. The maximum Gasteiger partial charge on any atom is 0.340 e. The number of halogens is 3. The minimum atomic E-state index is -3.58. The summed E-state index contributed by atoms with van der Waals surface area (Å²) in [7, 11) is -1.75. The molecule has 272 valence electrons. The number of rotatable bonds is 12. The van der Waals surface area contributed by atoms with Crippen molar-refractivity contribution in [2.75, 3.05) is 64.1 Å². The second kappa shape index (κ2) is 14.5. The van der Waals surface area contributed by atoms with Crippen LogP contribution in [0.15, 0.2) is 42.6 Å². The van der Waals surface area contributed by atoms with Gasteiger partial charge >= 0.3 is 13.6 Å². The van der Waals surface area contributed by atoms with E-state index in [0.717, 1.165) is 24.8 Å². The number of benzene rings is 2. The van der Waals surface area contributed by atoms with Crippen molar-refractivity contribution in [2.24, 2.45) is 0 Å². The van der Waals surface area contributed by atoms with E-state index in [4.69, 9.17) is 30.4 Å². The fraction of sp³-hybridized carbons (Fsp3) is 0.500. The molecule has 2 aromatic heterocycles. The quantitative estimate of drug-likeness (QED) is 0.142. The summed E-state index contributed by atoms with van der Waals surface area (Å²) < 4.78 is 61.5. The Hall–Kier alpha value is -3.48. The molecular weight excluding hydrogens is 701 g/mol. The van der Waals surface area contributed by atoms with Crippen molar-refractivity contribution in [3.63, 3.8) is 0 Å². The van der Waals surface area contributed by atoms with Gasteiger partial charge in [-0.25, -0.2) is 8.78 Å². The summed E-state index contributed by atoms with van der Waals surface area (Å²) >= 11 is 6.61. The largest absolute Gasteiger partial charge is 0.461 e. The standard InChI is InChI=1S/C36H42ClF2N6O5P/c1-4-49-51(47,50-5-2)21-29(46)44-16-13-25(20-44)43(3)34-27-18-40-32(26-11-6-9-23-10-7-12-28(37)30(23)26)31(39)33(27)41-35(42-34)48-22-36-14-8-15-45(36)19-24(38)17-36/h6-7,9-12,18,24-25H,4-5,8,13-17,19-22H2,1-3H3/t24-,25-,36+/m1/s1. The van der Waals surface area contributed by atoms with Crippen LogP contribution in [0.1, 0.15) is 39.5 Å². The van der Waals surface area contributed by atoms with E-state index in [1.165, 1.54) is 0 Å². The summed E-state index contributed by atoms with van der Waals surface area (Å²) in [4.78, 5) is 32.9. The predicted octanol–water partition coefficient (Wildman–Crippen LogP) is 6.90. The molecule has 0 unspecified atom stereocenters. The molecule has 0 saturated carbocycles. The normalized spacial score (nSPS) is 22.3. The third-order valence-electron chi connectivity index (χ3n) is 10.4. The van der Waals surface area contributed by atoms with Crippen molar-refractivity contribution in [1.29, 1.82) is 0 Å². The van der Waals surface area contributed by atoms with Gasteiger partial charge in [-0.05, 0) is 51.1 Å². The Morgan fingerprint density at radius 1 is 1.12 bits per heavy atom. The second-order valence-corrected chi connectivity index (χ2v) is 16.0. The molecule has 5 heterocycles. The van der Waals surface area contributed by atoms with E-state index in [1.807, 2.05) is 36.2 Å². The third-order valence-corrected chi connectivity index (χ3v) is 12.6. The van der Waals surface area contributed by atoms with Crippen molar-refractivity contribution >= 4 is 52.6 Å². The van der Waals surface area contributed by atoms with Gasteiger partial charge in [-0.2, -0.15) is 9.97 Å². The highest BCUT2D eigenvalue weighted by Gasteiger charge is 2.49. The van der Waals surface area contributed by atoms with Crippen LogP contribution in [-0.4, -0.2) is 108 Å². The van der Waals surface area contributed by atoms with Crippen LogP contribution in [0.4, 0.5) is 14.6 Å². The first-order chi connectivity index (χ1) is 24.5. The Kier molecular flexibility index (Phi) is 10.2. The molecule has 0 bridgehead atoms. The van der Waals surface area contributed by atoms with Gasteiger partial charge in [0.05, 0.1) is 24.1 Å². The molecule has 11 nitrogen and oxygen atoms in total. The summed E-state index contributed by atoms with van der Waals surface area (Å²) in [5.41, 5.74) is 0.170. The molecule has 3 atom stereocenters. The lowest BCUT2D eigenvalue weighted by molar-refractivity contribution is -0.127. The highest BCUT2D eigenvalue weighted by molar-refractivity contribution is 7.54. The number of pyridine rings is 1. The van der Waals surface area contributed by atoms with E-state index in [9.17, 15) is 13.8 Å². The van der Waals surface area contributed by atoms with Gasteiger partial charge < -0.3 is 23.6 Å². The van der Waals surface area contributed by atoms with E-state index in [0.29, 0.717) is 59.7 Å². The molecule has 7 rings (SSSR count). The first-order valence-electron chi connectivity index (χ1n) is 17.5. The predicted molar refractivity (Wildman–Crippen MR) is 193 cm³/mol. The minimum Gasteiger partial charge on any atom is -0.461 e. The molecule has 51 heavy (non-hydrogen) atoms. The summed E-state index contributed by atoms with van der Waals surface area (Å²) in [6.07, 6.45) is 2.95. The monoisotopic (exact) mass is 742 g/mol. The molecule has 3 fully saturated rings. The topological polar surface area (TPSA) is 110 Å². The number of anilines is 1. The van der Waals surface area contributed by atoms with Crippen LogP contribution in [-0.2, 0) is 18.4 Å². The molecule has 4 aromatic rings. The number of likely N-dealkylation sites (tertiary alicyclic amines) is 1. The highest BCUT2D eigenvalue weighted by atomic mass is 35.5. The van der Waals surface area contributed by atoms with Crippen LogP contribution in [0.25, 0.3) is 32.9 Å². The number of alkyl halides is 1. The fourth-order valence-electron chi connectivity index (χ4n) is 7.93. The van der Waals surface area contributed by atoms with Crippen LogP contribution >= 0.6 is 19.2 Å². The van der Waals surface area contributed by atoms with Crippen LogP contribution in [0.3, 0.4) is 0 Å². The number of hydrogen-bond donors (Lipinski definition) is 0. The Balaban J connectivity index is 1.24. The van der Waals surface area contributed by atoms with Crippen LogP contribution in [0.2, 0.25) is 5.02 Å². The number of carbonyl (C=O) groups excluding carboxylic acids is 1. The number of likely N-dealkylation sites (N-methyl/N-ethyl adjacent to an activating group) is 1. The molecule has 0 aliphatic carbocycles. The average molecular weight is 743 g/mol. The Bertz CT molecular complexity index is 1990. The van der Waals surface area contributed by atoms with Gasteiger partial charge in [0.2, 0.25) is 5.91 Å². The van der Waals surface area contributed by atoms with Gasteiger partial charge in [0.15, 0.2) is 5.82 Å². The van der Waals surface area contributed by atoms with E-state index >= 15 is 4.39 Å². The Morgan fingerprint density at radius 2 is 1.88 bits per heavy atom. The fourth-order valence-corrected chi connectivity index (χ4v) is 9.79. The zero-order chi connectivity index (χ0) is 35.9.